The van der Waals surface area contributed by atoms with Crippen LogP contribution in [0.3, 0.4) is 0 Å². The molecule has 0 radical (unpaired) electrons. The van der Waals surface area contributed by atoms with Gasteiger partial charge < -0.3 is 10.0 Å². The fourth-order valence-electron chi connectivity index (χ4n) is 2.67. The van der Waals surface area contributed by atoms with Crippen LogP contribution in [0.25, 0.3) is 0 Å². The second-order valence-electron chi connectivity index (χ2n) is 6.29. The molecule has 4 nitrogen and oxygen atoms in total. The lowest BCUT2D eigenvalue weighted by Crippen LogP contribution is -2.52. The number of carbonyl (C=O) groups is 1. The summed E-state index contributed by atoms with van der Waals surface area (Å²) in [4.78, 5) is 16.7. The Hall–Kier alpha value is -0.910. The van der Waals surface area contributed by atoms with Crippen molar-refractivity contribution in [1.29, 1.82) is 0 Å². The van der Waals surface area contributed by atoms with Gasteiger partial charge in [-0.3, -0.25) is 9.69 Å². The first-order valence-corrected chi connectivity index (χ1v) is 8.06. The fraction of sp³-hybridized carbons (Fsp3) is 0.562. The number of nitrogens with zero attached hydrogens (tertiary/aromatic N) is 2. The molecule has 0 aliphatic carbocycles. The molecule has 0 atom stereocenters. The van der Waals surface area contributed by atoms with Gasteiger partial charge in [0.05, 0.1) is 5.60 Å². The van der Waals surface area contributed by atoms with Crippen LogP contribution in [0.5, 0.6) is 0 Å². The number of piperazine rings is 1. The third-order valence-electron chi connectivity index (χ3n) is 3.77. The molecule has 1 aromatic carbocycles. The molecule has 2 rings (SSSR count). The summed E-state index contributed by atoms with van der Waals surface area (Å²) < 4.78 is 0.967. The largest absolute Gasteiger partial charge is 0.389 e. The van der Waals surface area contributed by atoms with Gasteiger partial charge in [-0.05, 0) is 38.5 Å². The standard InChI is InChI=1S/C16H23BrN2O2/c1-12-13(5-4-6-14(12)17)15(20)19-9-7-18(8-10-19)11-16(2,3)21/h4-6,21H,7-11H2,1-3H3. The van der Waals surface area contributed by atoms with Crippen LogP contribution in [0.1, 0.15) is 29.8 Å². The lowest BCUT2D eigenvalue weighted by Gasteiger charge is -2.37. The van der Waals surface area contributed by atoms with Gasteiger partial charge in [0, 0.05) is 42.8 Å². The van der Waals surface area contributed by atoms with Gasteiger partial charge in [-0.2, -0.15) is 0 Å². The maximum absolute atomic E-state index is 12.6. The molecule has 5 heteroatoms. The molecular weight excluding hydrogens is 332 g/mol. The molecule has 1 aliphatic heterocycles. The van der Waals surface area contributed by atoms with Crippen molar-refractivity contribution in [2.45, 2.75) is 26.4 Å². The lowest BCUT2D eigenvalue weighted by molar-refractivity contribution is 0.0178. The quantitative estimate of drug-likeness (QED) is 0.905. The Morgan fingerprint density at radius 3 is 2.48 bits per heavy atom. The molecule has 1 aliphatic rings. The second-order valence-corrected chi connectivity index (χ2v) is 7.15. The van der Waals surface area contributed by atoms with Crippen LogP contribution in [0.2, 0.25) is 0 Å². The van der Waals surface area contributed by atoms with Gasteiger partial charge in [0.25, 0.3) is 5.91 Å². The van der Waals surface area contributed by atoms with Gasteiger partial charge in [0.15, 0.2) is 0 Å². The number of aliphatic hydroxyl groups is 1. The van der Waals surface area contributed by atoms with E-state index in [9.17, 15) is 9.90 Å². The summed E-state index contributed by atoms with van der Waals surface area (Å²) in [6, 6.07) is 5.73. The van der Waals surface area contributed by atoms with E-state index in [1.54, 1.807) is 0 Å². The molecule has 0 spiro atoms. The molecule has 1 saturated heterocycles. The molecule has 1 amide bonds. The van der Waals surface area contributed by atoms with Crippen LogP contribution in [0.4, 0.5) is 0 Å². The summed E-state index contributed by atoms with van der Waals surface area (Å²) in [6.07, 6.45) is 0. The Bertz CT molecular complexity index is 517. The predicted molar refractivity (Wildman–Crippen MR) is 87.5 cm³/mol. The summed E-state index contributed by atoms with van der Waals surface area (Å²) in [5.41, 5.74) is 1.06. The molecule has 0 saturated carbocycles. The molecule has 1 aromatic rings. The van der Waals surface area contributed by atoms with E-state index in [1.165, 1.54) is 0 Å². The van der Waals surface area contributed by atoms with E-state index in [-0.39, 0.29) is 5.91 Å². The van der Waals surface area contributed by atoms with Crippen molar-refractivity contribution in [2.75, 3.05) is 32.7 Å². The zero-order valence-electron chi connectivity index (χ0n) is 12.9. The van der Waals surface area contributed by atoms with Crippen molar-refractivity contribution in [1.82, 2.24) is 9.80 Å². The van der Waals surface area contributed by atoms with Crippen LogP contribution in [-0.2, 0) is 0 Å². The summed E-state index contributed by atoms with van der Waals surface area (Å²) in [6.45, 7) is 9.27. The molecule has 1 N–H and O–H groups in total. The predicted octanol–water partition coefficient (Wildman–Crippen LogP) is 2.29. The second kappa shape index (κ2) is 6.46. The molecule has 1 fully saturated rings. The van der Waals surface area contributed by atoms with Crippen molar-refractivity contribution >= 4 is 21.8 Å². The van der Waals surface area contributed by atoms with Crippen LogP contribution in [0, 0.1) is 6.92 Å². The van der Waals surface area contributed by atoms with E-state index in [2.05, 4.69) is 20.8 Å². The van der Waals surface area contributed by atoms with E-state index in [4.69, 9.17) is 0 Å². The third-order valence-corrected chi connectivity index (χ3v) is 4.63. The zero-order chi connectivity index (χ0) is 15.6. The first kappa shape index (κ1) is 16.5. The highest BCUT2D eigenvalue weighted by Gasteiger charge is 2.26. The SMILES string of the molecule is Cc1c(Br)cccc1C(=O)N1CCN(CC(C)(C)O)CC1. The first-order chi connectivity index (χ1) is 9.78. The van der Waals surface area contributed by atoms with Crippen molar-refractivity contribution < 1.29 is 9.90 Å². The number of amides is 1. The highest BCUT2D eigenvalue weighted by atomic mass is 79.9. The molecular formula is C16H23BrN2O2. The first-order valence-electron chi connectivity index (χ1n) is 7.27. The Balaban J connectivity index is 1.99. The third kappa shape index (κ3) is 4.28. The summed E-state index contributed by atoms with van der Waals surface area (Å²) >= 11 is 3.47. The summed E-state index contributed by atoms with van der Waals surface area (Å²) in [5.74, 6) is 0.0942. The molecule has 0 bridgehead atoms. The maximum Gasteiger partial charge on any atom is 0.254 e. The van der Waals surface area contributed by atoms with Gasteiger partial charge >= 0.3 is 0 Å². The number of halogens is 1. The van der Waals surface area contributed by atoms with Crippen LogP contribution >= 0.6 is 15.9 Å². The number of carbonyl (C=O) groups excluding carboxylic acids is 1. The normalized spacial score (nSPS) is 17.1. The number of rotatable bonds is 3. The highest BCUT2D eigenvalue weighted by molar-refractivity contribution is 9.10. The lowest BCUT2D eigenvalue weighted by atomic mass is 10.1. The van der Waals surface area contributed by atoms with Gasteiger partial charge in [0.1, 0.15) is 0 Å². The molecule has 0 aromatic heterocycles. The molecule has 116 valence electrons. The summed E-state index contributed by atoms with van der Waals surface area (Å²) in [7, 11) is 0. The van der Waals surface area contributed by atoms with Crippen molar-refractivity contribution in [2.24, 2.45) is 0 Å². The number of β-amino-alcohol motifs (C(OH)–C–C–N with tert-alkyl or cyclic N) is 1. The van der Waals surface area contributed by atoms with E-state index in [0.717, 1.165) is 28.7 Å². The van der Waals surface area contributed by atoms with E-state index < -0.39 is 5.60 Å². The zero-order valence-corrected chi connectivity index (χ0v) is 14.5. The Morgan fingerprint density at radius 2 is 1.90 bits per heavy atom. The maximum atomic E-state index is 12.6. The number of benzene rings is 1. The van der Waals surface area contributed by atoms with Crippen molar-refractivity contribution in [3.8, 4) is 0 Å². The van der Waals surface area contributed by atoms with Gasteiger partial charge in [-0.15, -0.1) is 0 Å². The van der Waals surface area contributed by atoms with Crippen LogP contribution in [-0.4, -0.2) is 59.1 Å². The monoisotopic (exact) mass is 354 g/mol. The molecule has 0 unspecified atom stereocenters. The average molecular weight is 355 g/mol. The van der Waals surface area contributed by atoms with Gasteiger partial charge in [-0.1, -0.05) is 22.0 Å². The van der Waals surface area contributed by atoms with Crippen molar-refractivity contribution in [3.05, 3.63) is 33.8 Å². The fourth-order valence-corrected chi connectivity index (χ4v) is 3.03. The van der Waals surface area contributed by atoms with Crippen LogP contribution < -0.4 is 0 Å². The minimum Gasteiger partial charge on any atom is -0.389 e. The van der Waals surface area contributed by atoms with Gasteiger partial charge in [-0.25, -0.2) is 0 Å². The minimum absolute atomic E-state index is 0.0942. The van der Waals surface area contributed by atoms with E-state index >= 15 is 0 Å². The van der Waals surface area contributed by atoms with E-state index in [1.807, 2.05) is 43.9 Å². The smallest absolute Gasteiger partial charge is 0.254 e. The van der Waals surface area contributed by atoms with Crippen molar-refractivity contribution in [3.63, 3.8) is 0 Å². The summed E-state index contributed by atoms with van der Waals surface area (Å²) in [5, 5.41) is 9.86. The Labute approximate surface area is 134 Å². The topological polar surface area (TPSA) is 43.8 Å². The van der Waals surface area contributed by atoms with Gasteiger partial charge in [0.2, 0.25) is 0 Å². The van der Waals surface area contributed by atoms with E-state index in [0.29, 0.717) is 19.6 Å². The number of hydrogen-bond acceptors (Lipinski definition) is 3. The Kier molecular flexibility index (Phi) is 5.07. The minimum atomic E-state index is -0.687. The molecule has 1 heterocycles. The average Bonchev–Trinajstić information content (AvgIpc) is 2.40. The Morgan fingerprint density at radius 1 is 1.29 bits per heavy atom. The highest BCUT2D eigenvalue weighted by Crippen LogP contribution is 2.21. The van der Waals surface area contributed by atoms with Crippen LogP contribution in [0.15, 0.2) is 22.7 Å². The molecule has 21 heavy (non-hydrogen) atoms. The number of hydrogen-bond donors (Lipinski definition) is 1.